The summed E-state index contributed by atoms with van der Waals surface area (Å²) in [5, 5.41) is 0.496. The number of hydrogen-bond acceptors (Lipinski definition) is 5. The highest BCUT2D eigenvalue weighted by Crippen LogP contribution is 2.32. The van der Waals surface area contributed by atoms with Gasteiger partial charge in [0.1, 0.15) is 24.7 Å². The monoisotopic (exact) mass is 442 g/mol. The van der Waals surface area contributed by atoms with Gasteiger partial charge in [0, 0.05) is 0 Å². The van der Waals surface area contributed by atoms with Gasteiger partial charge in [0.2, 0.25) is 0 Å². The molecule has 0 unspecified atom stereocenters. The van der Waals surface area contributed by atoms with Gasteiger partial charge in [0.15, 0.2) is 5.17 Å². The van der Waals surface area contributed by atoms with Gasteiger partial charge in [-0.3, -0.25) is 4.79 Å². The van der Waals surface area contributed by atoms with Crippen LogP contribution in [0.2, 0.25) is 5.02 Å². The minimum absolute atomic E-state index is 0.0329. The van der Waals surface area contributed by atoms with Crippen LogP contribution in [0.3, 0.4) is 0 Å². The first kappa shape index (κ1) is 21.1. The Balaban J connectivity index is 1.54. The maximum atomic E-state index is 12.7. The van der Waals surface area contributed by atoms with Crippen LogP contribution in [0.1, 0.15) is 11.1 Å². The molecule has 0 saturated heterocycles. The van der Waals surface area contributed by atoms with Gasteiger partial charge in [0.25, 0.3) is 5.91 Å². The minimum Gasteiger partial charge on any atom is -0.490 e. The van der Waals surface area contributed by atoms with Gasteiger partial charge in [-0.2, -0.15) is 18.2 Å². The second kappa shape index (κ2) is 8.79. The van der Waals surface area contributed by atoms with Gasteiger partial charge in [-0.05, 0) is 53.7 Å². The number of thioether (sulfide) groups is 1. The molecule has 1 aliphatic heterocycles. The normalized spacial score (nSPS) is 15.5. The summed E-state index contributed by atoms with van der Waals surface area (Å²) in [5.74, 6) is 0.0648. The fraction of sp³-hybridized carbons (Fsp3) is 0.158. The number of aliphatic imine (C=N–C) groups is 1. The van der Waals surface area contributed by atoms with Gasteiger partial charge >= 0.3 is 6.18 Å². The summed E-state index contributed by atoms with van der Waals surface area (Å²) < 4.78 is 48.9. The lowest BCUT2D eigenvalue weighted by molar-refractivity contribution is -0.137. The zero-order valence-corrected chi connectivity index (χ0v) is 16.3. The van der Waals surface area contributed by atoms with E-state index in [1.54, 1.807) is 24.3 Å². The van der Waals surface area contributed by atoms with E-state index < -0.39 is 17.6 Å². The standard InChI is InChI=1S/C19H14ClF3N2O3S/c20-14-8-11(9-16-17(26)25-18(24)29-16)4-5-15(14)28-7-6-27-13-3-1-2-12(10-13)19(21,22)23/h1-5,8-10H,6-7H2,(H2,24,25,26). The molecule has 1 aliphatic rings. The molecule has 5 nitrogen and oxygen atoms in total. The van der Waals surface area contributed by atoms with Gasteiger partial charge in [-0.15, -0.1) is 0 Å². The quantitative estimate of drug-likeness (QED) is 0.516. The van der Waals surface area contributed by atoms with Crippen molar-refractivity contribution in [2.75, 3.05) is 13.2 Å². The molecule has 1 heterocycles. The Bertz CT molecular complexity index is 993. The number of amidine groups is 1. The summed E-state index contributed by atoms with van der Waals surface area (Å²) in [5.41, 5.74) is 5.39. The molecular weight excluding hydrogens is 429 g/mol. The molecule has 0 saturated carbocycles. The van der Waals surface area contributed by atoms with Crippen LogP contribution in [0.15, 0.2) is 52.4 Å². The molecule has 0 aromatic heterocycles. The molecule has 3 rings (SSSR count). The number of nitrogens with zero attached hydrogens (tertiary/aromatic N) is 1. The van der Waals surface area contributed by atoms with Crippen LogP contribution in [-0.2, 0) is 11.0 Å². The Hall–Kier alpha value is -2.65. The zero-order valence-electron chi connectivity index (χ0n) is 14.7. The van der Waals surface area contributed by atoms with E-state index in [9.17, 15) is 18.0 Å². The maximum absolute atomic E-state index is 12.7. The molecule has 0 bridgehead atoms. The minimum atomic E-state index is -4.43. The Kier molecular flexibility index (Phi) is 6.39. The molecular formula is C19H14ClF3N2O3S. The number of hydrogen-bond donors (Lipinski definition) is 1. The van der Waals surface area contributed by atoms with Crippen LogP contribution >= 0.6 is 23.4 Å². The number of nitrogens with two attached hydrogens (primary N) is 1. The molecule has 0 radical (unpaired) electrons. The van der Waals surface area contributed by atoms with Crippen LogP contribution in [0.4, 0.5) is 13.2 Å². The van der Waals surface area contributed by atoms with E-state index in [4.69, 9.17) is 26.8 Å². The first-order valence-corrected chi connectivity index (χ1v) is 9.42. The number of amides is 1. The van der Waals surface area contributed by atoms with E-state index in [-0.39, 0.29) is 24.1 Å². The second-order valence-corrected chi connectivity index (χ2v) is 7.25. The predicted molar refractivity (Wildman–Crippen MR) is 106 cm³/mol. The summed E-state index contributed by atoms with van der Waals surface area (Å²) in [6, 6.07) is 9.53. The smallest absolute Gasteiger partial charge is 0.416 e. The second-order valence-electron chi connectivity index (χ2n) is 5.78. The average Bonchev–Trinajstić information content (AvgIpc) is 2.97. The fourth-order valence-corrected chi connectivity index (χ4v) is 3.30. The van der Waals surface area contributed by atoms with Crippen molar-refractivity contribution in [1.29, 1.82) is 0 Å². The molecule has 0 fully saturated rings. The topological polar surface area (TPSA) is 73.9 Å². The van der Waals surface area contributed by atoms with Crippen LogP contribution in [0.25, 0.3) is 6.08 Å². The lowest BCUT2D eigenvalue weighted by Gasteiger charge is -2.12. The third-order valence-corrected chi connectivity index (χ3v) is 4.77. The average molecular weight is 443 g/mol. The zero-order chi connectivity index (χ0) is 21.0. The van der Waals surface area contributed by atoms with Gasteiger partial charge in [-0.25, -0.2) is 0 Å². The predicted octanol–water partition coefficient (Wildman–Crippen LogP) is 4.75. The van der Waals surface area contributed by atoms with Crippen LogP contribution < -0.4 is 15.2 Å². The Morgan fingerprint density at radius 3 is 2.55 bits per heavy atom. The number of carbonyl (C=O) groups excluding carboxylic acids is 1. The van der Waals surface area contributed by atoms with Crippen molar-refractivity contribution in [3.05, 3.63) is 63.5 Å². The Morgan fingerprint density at radius 2 is 1.90 bits per heavy atom. The largest absolute Gasteiger partial charge is 0.490 e. The van der Waals surface area contributed by atoms with E-state index in [1.165, 1.54) is 12.1 Å². The lowest BCUT2D eigenvalue weighted by Crippen LogP contribution is -2.10. The van der Waals surface area contributed by atoms with Crippen molar-refractivity contribution in [3.8, 4) is 11.5 Å². The van der Waals surface area contributed by atoms with Crippen molar-refractivity contribution >= 4 is 40.5 Å². The molecule has 152 valence electrons. The highest BCUT2D eigenvalue weighted by molar-refractivity contribution is 8.18. The SMILES string of the molecule is NC1=NC(=O)C(=Cc2ccc(OCCOc3cccc(C(F)(F)F)c3)c(Cl)c2)S1. The highest BCUT2D eigenvalue weighted by atomic mass is 35.5. The van der Waals surface area contributed by atoms with Crippen LogP contribution in [-0.4, -0.2) is 24.3 Å². The number of benzene rings is 2. The van der Waals surface area contributed by atoms with Gasteiger partial charge < -0.3 is 15.2 Å². The van der Waals surface area contributed by atoms with Crippen molar-refractivity contribution in [1.82, 2.24) is 0 Å². The lowest BCUT2D eigenvalue weighted by atomic mass is 10.2. The third-order valence-electron chi connectivity index (χ3n) is 3.66. The van der Waals surface area contributed by atoms with Crippen LogP contribution in [0.5, 0.6) is 11.5 Å². The Morgan fingerprint density at radius 1 is 1.14 bits per heavy atom. The summed E-state index contributed by atoms with van der Waals surface area (Å²) in [6.07, 6.45) is -2.82. The van der Waals surface area contributed by atoms with Gasteiger partial charge in [-0.1, -0.05) is 23.7 Å². The number of carbonyl (C=O) groups is 1. The molecule has 2 aromatic rings. The summed E-state index contributed by atoms with van der Waals surface area (Å²) in [7, 11) is 0. The third kappa shape index (κ3) is 5.68. The van der Waals surface area contributed by atoms with Gasteiger partial charge in [0.05, 0.1) is 15.5 Å². The number of halogens is 4. The van der Waals surface area contributed by atoms with E-state index in [1.807, 2.05) is 0 Å². The number of rotatable bonds is 6. The van der Waals surface area contributed by atoms with E-state index in [0.717, 1.165) is 23.9 Å². The molecule has 1 amide bonds. The fourth-order valence-electron chi connectivity index (χ4n) is 2.37. The molecule has 10 heteroatoms. The Labute approximate surface area is 173 Å². The van der Waals surface area contributed by atoms with E-state index in [0.29, 0.717) is 21.2 Å². The first-order chi connectivity index (χ1) is 13.7. The highest BCUT2D eigenvalue weighted by Gasteiger charge is 2.30. The summed E-state index contributed by atoms with van der Waals surface area (Å²) >= 11 is 7.26. The van der Waals surface area contributed by atoms with E-state index in [2.05, 4.69) is 4.99 Å². The number of alkyl halides is 3. The van der Waals surface area contributed by atoms with Crippen molar-refractivity contribution in [2.45, 2.75) is 6.18 Å². The first-order valence-electron chi connectivity index (χ1n) is 8.23. The van der Waals surface area contributed by atoms with Crippen molar-refractivity contribution < 1.29 is 27.4 Å². The molecule has 0 atom stereocenters. The van der Waals surface area contributed by atoms with Crippen LogP contribution in [0, 0.1) is 0 Å². The van der Waals surface area contributed by atoms with E-state index >= 15 is 0 Å². The molecule has 2 aromatic carbocycles. The number of ether oxygens (including phenoxy) is 2. The summed E-state index contributed by atoms with van der Waals surface area (Å²) in [6.45, 7) is 0.111. The summed E-state index contributed by atoms with van der Waals surface area (Å²) in [4.78, 5) is 15.6. The molecule has 2 N–H and O–H groups in total. The molecule has 29 heavy (non-hydrogen) atoms. The molecule has 0 spiro atoms. The van der Waals surface area contributed by atoms with Crippen molar-refractivity contribution in [2.24, 2.45) is 10.7 Å². The molecule has 0 aliphatic carbocycles. The van der Waals surface area contributed by atoms with Crippen molar-refractivity contribution in [3.63, 3.8) is 0 Å². The maximum Gasteiger partial charge on any atom is 0.416 e.